The maximum Gasteiger partial charge on any atom is 0.191 e. The summed E-state index contributed by atoms with van der Waals surface area (Å²) < 4.78 is 31.9. The first-order valence-corrected chi connectivity index (χ1v) is 5.94. The molecule has 0 saturated heterocycles. The van der Waals surface area contributed by atoms with Crippen molar-refractivity contribution in [2.75, 3.05) is 0 Å². The molecule has 0 radical (unpaired) electrons. The van der Waals surface area contributed by atoms with Crippen LogP contribution in [0.2, 0.25) is 0 Å². The summed E-state index contributed by atoms with van der Waals surface area (Å²) in [7, 11) is 0. The number of halogens is 2. The molecule has 0 aliphatic carbocycles. The van der Waals surface area contributed by atoms with E-state index in [1.54, 1.807) is 24.3 Å². The Morgan fingerprint density at radius 2 is 1.74 bits per heavy atom. The molecule has 0 aromatic heterocycles. The molecular formula is C14H11F2NOS. The first-order valence-electron chi connectivity index (χ1n) is 5.53. The van der Waals surface area contributed by atoms with E-state index in [-0.39, 0.29) is 17.3 Å². The number of rotatable bonds is 4. The van der Waals surface area contributed by atoms with E-state index in [1.807, 2.05) is 0 Å². The van der Waals surface area contributed by atoms with Crippen LogP contribution < -0.4 is 10.5 Å². The number of para-hydroxylation sites is 1. The molecule has 0 saturated carbocycles. The van der Waals surface area contributed by atoms with Gasteiger partial charge in [0, 0.05) is 5.56 Å². The Balaban J connectivity index is 2.15. The Bertz CT molecular complexity index is 596. The SMILES string of the molecule is NC(=S)c1cccc(COc2c(F)cccc2F)c1. The highest BCUT2D eigenvalue weighted by molar-refractivity contribution is 7.80. The van der Waals surface area contributed by atoms with Crippen LogP contribution in [-0.2, 0) is 6.61 Å². The van der Waals surface area contributed by atoms with Crippen LogP contribution in [0.25, 0.3) is 0 Å². The van der Waals surface area contributed by atoms with Crippen LogP contribution in [0.15, 0.2) is 42.5 Å². The van der Waals surface area contributed by atoms with Gasteiger partial charge in [-0.25, -0.2) is 8.78 Å². The smallest absolute Gasteiger partial charge is 0.191 e. The first-order chi connectivity index (χ1) is 9.08. The summed E-state index contributed by atoms with van der Waals surface area (Å²) in [5, 5.41) is 0. The topological polar surface area (TPSA) is 35.2 Å². The normalized spacial score (nSPS) is 10.2. The van der Waals surface area contributed by atoms with Gasteiger partial charge >= 0.3 is 0 Å². The van der Waals surface area contributed by atoms with Gasteiger partial charge in [0.25, 0.3) is 0 Å². The molecule has 0 bridgehead atoms. The highest BCUT2D eigenvalue weighted by Crippen LogP contribution is 2.22. The lowest BCUT2D eigenvalue weighted by atomic mass is 10.1. The fraction of sp³-hybridized carbons (Fsp3) is 0.0714. The second kappa shape index (κ2) is 5.75. The molecule has 2 nitrogen and oxygen atoms in total. The van der Waals surface area contributed by atoms with Crippen molar-refractivity contribution in [3.8, 4) is 5.75 Å². The molecule has 5 heteroatoms. The van der Waals surface area contributed by atoms with Gasteiger partial charge in [-0.3, -0.25) is 0 Å². The summed E-state index contributed by atoms with van der Waals surface area (Å²) in [6, 6.07) is 10.6. The van der Waals surface area contributed by atoms with Crippen LogP contribution in [0.5, 0.6) is 5.75 Å². The Kier molecular flexibility index (Phi) is 4.06. The molecule has 2 rings (SSSR count). The van der Waals surface area contributed by atoms with E-state index in [4.69, 9.17) is 22.7 Å². The molecular weight excluding hydrogens is 268 g/mol. The van der Waals surface area contributed by atoms with Crippen molar-refractivity contribution < 1.29 is 13.5 Å². The number of hydrogen-bond donors (Lipinski definition) is 1. The van der Waals surface area contributed by atoms with Crippen molar-refractivity contribution in [1.82, 2.24) is 0 Å². The van der Waals surface area contributed by atoms with Gasteiger partial charge in [-0.2, -0.15) is 0 Å². The van der Waals surface area contributed by atoms with E-state index < -0.39 is 11.6 Å². The molecule has 0 fully saturated rings. The minimum atomic E-state index is -0.731. The van der Waals surface area contributed by atoms with Gasteiger partial charge in [-0.15, -0.1) is 0 Å². The number of nitrogens with two attached hydrogens (primary N) is 1. The van der Waals surface area contributed by atoms with E-state index in [1.165, 1.54) is 6.07 Å². The Labute approximate surface area is 114 Å². The number of hydrogen-bond acceptors (Lipinski definition) is 2. The zero-order valence-corrected chi connectivity index (χ0v) is 10.7. The van der Waals surface area contributed by atoms with E-state index >= 15 is 0 Å². The van der Waals surface area contributed by atoms with E-state index in [9.17, 15) is 8.78 Å². The second-order valence-electron chi connectivity index (χ2n) is 3.90. The summed E-state index contributed by atoms with van der Waals surface area (Å²) in [6.45, 7) is 0.0360. The van der Waals surface area contributed by atoms with Crippen LogP contribution in [0, 0.1) is 11.6 Å². The van der Waals surface area contributed by atoms with Crippen molar-refractivity contribution in [3.63, 3.8) is 0 Å². The predicted molar refractivity (Wildman–Crippen MR) is 73.0 cm³/mol. The van der Waals surface area contributed by atoms with E-state index in [0.29, 0.717) is 5.56 Å². The van der Waals surface area contributed by atoms with E-state index in [0.717, 1.165) is 17.7 Å². The molecule has 0 aliphatic heterocycles. The fourth-order valence-electron chi connectivity index (χ4n) is 1.59. The van der Waals surface area contributed by atoms with Crippen LogP contribution in [0.1, 0.15) is 11.1 Å². The third-order valence-corrected chi connectivity index (χ3v) is 2.75. The van der Waals surface area contributed by atoms with Gasteiger partial charge in [-0.1, -0.05) is 36.5 Å². The monoisotopic (exact) mass is 279 g/mol. The number of benzene rings is 2. The first kappa shape index (κ1) is 13.4. The maximum absolute atomic E-state index is 13.4. The summed E-state index contributed by atoms with van der Waals surface area (Å²) in [5.41, 5.74) is 6.92. The van der Waals surface area contributed by atoms with Gasteiger partial charge in [0.05, 0.1) is 0 Å². The lowest BCUT2D eigenvalue weighted by molar-refractivity contribution is 0.274. The molecule has 2 aromatic rings. The van der Waals surface area contributed by atoms with Crippen molar-refractivity contribution >= 4 is 17.2 Å². The zero-order valence-electron chi connectivity index (χ0n) is 9.90. The van der Waals surface area contributed by atoms with Gasteiger partial charge in [0.2, 0.25) is 0 Å². The highest BCUT2D eigenvalue weighted by Gasteiger charge is 2.09. The second-order valence-corrected chi connectivity index (χ2v) is 4.34. The van der Waals surface area contributed by atoms with Crippen LogP contribution in [0.3, 0.4) is 0 Å². The van der Waals surface area contributed by atoms with E-state index in [2.05, 4.69) is 0 Å². The van der Waals surface area contributed by atoms with Crippen molar-refractivity contribution in [3.05, 3.63) is 65.2 Å². The lowest BCUT2D eigenvalue weighted by Crippen LogP contribution is -2.10. The molecule has 19 heavy (non-hydrogen) atoms. The third kappa shape index (κ3) is 3.26. The summed E-state index contributed by atoms with van der Waals surface area (Å²) in [6.07, 6.45) is 0. The predicted octanol–water partition coefficient (Wildman–Crippen LogP) is 3.18. The largest absolute Gasteiger partial charge is 0.483 e. The number of thiocarbonyl (C=S) groups is 1. The average Bonchev–Trinajstić information content (AvgIpc) is 2.38. The molecule has 98 valence electrons. The molecule has 0 amide bonds. The minimum absolute atomic E-state index is 0.0360. The maximum atomic E-state index is 13.4. The third-order valence-electron chi connectivity index (χ3n) is 2.51. The lowest BCUT2D eigenvalue weighted by Gasteiger charge is -2.09. The molecule has 2 N–H and O–H groups in total. The Hall–Kier alpha value is -2.01. The van der Waals surface area contributed by atoms with Crippen molar-refractivity contribution in [1.29, 1.82) is 0 Å². The Morgan fingerprint density at radius 3 is 2.37 bits per heavy atom. The molecule has 2 aromatic carbocycles. The van der Waals surface area contributed by atoms with Gasteiger partial charge in [0.15, 0.2) is 17.4 Å². The molecule has 0 atom stereocenters. The van der Waals surface area contributed by atoms with Crippen LogP contribution in [-0.4, -0.2) is 4.99 Å². The molecule has 0 spiro atoms. The molecule has 0 unspecified atom stereocenters. The summed E-state index contributed by atoms with van der Waals surface area (Å²) in [5.74, 6) is -1.85. The summed E-state index contributed by atoms with van der Waals surface area (Å²) in [4.78, 5) is 0.263. The van der Waals surface area contributed by atoms with Gasteiger partial charge in [0.1, 0.15) is 11.6 Å². The van der Waals surface area contributed by atoms with Gasteiger partial charge in [-0.05, 0) is 23.8 Å². The average molecular weight is 279 g/mol. The van der Waals surface area contributed by atoms with Gasteiger partial charge < -0.3 is 10.5 Å². The molecule has 0 heterocycles. The minimum Gasteiger partial charge on any atom is -0.483 e. The van der Waals surface area contributed by atoms with Crippen molar-refractivity contribution in [2.24, 2.45) is 5.73 Å². The Morgan fingerprint density at radius 1 is 1.11 bits per heavy atom. The highest BCUT2D eigenvalue weighted by atomic mass is 32.1. The zero-order chi connectivity index (χ0) is 13.8. The van der Waals surface area contributed by atoms with Crippen LogP contribution in [0.4, 0.5) is 8.78 Å². The quantitative estimate of drug-likeness (QED) is 0.873. The summed E-state index contributed by atoms with van der Waals surface area (Å²) >= 11 is 4.86. The van der Waals surface area contributed by atoms with Crippen molar-refractivity contribution in [2.45, 2.75) is 6.61 Å². The fourth-order valence-corrected chi connectivity index (χ4v) is 1.72. The van der Waals surface area contributed by atoms with Crippen LogP contribution >= 0.6 is 12.2 Å². The molecule has 0 aliphatic rings. The standard InChI is InChI=1S/C14H11F2NOS/c15-11-5-2-6-12(16)13(11)18-8-9-3-1-4-10(7-9)14(17)19/h1-7H,8H2,(H2,17,19). The number of ether oxygens (including phenoxy) is 1.